The maximum absolute atomic E-state index is 12.1. The summed E-state index contributed by atoms with van der Waals surface area (Å²) in [6.45, 7) is 0.217. The molecule has 0 saturated carbocycles. The first-order valence-electron chi connectivity index (χ1n) is 6.83. The number of carbonyl (C=O) groups excluding carboxylic acids is 1. The van der Waals surface area contributed by atoms with Gasteiger partial charge in [0, 0.05) is 12.0 Å². The Balaban J connectivity index is 0.00000242. The van der Waals surface area contributed by atoms with E-state index in [1.807, 2.05) is 35.7 Å². The van der Waals surface area contributed by atoms with E-state index >= 15 is 0 Å². The van der Waals surface area contributed by atoms with Crippen LogP contribution in [0.5, 0.6) is 0 Å². The van der Waals surface area contributed by atoms with Crippen molar-refractivity contribution in [2.75, 3.05) is 13.7 Å². The molecule has 1 heterocycles. The van der Waals surface area contributed by atoms with Crippen LogP contribution in [0.4, 0.5) is 0 Å². The van der Waals surface area contributed by atoms with Crippen molar-refractivity contribution >= 4 is 29.7 Å². The van der Waals surface area contributed by atoms with Crippen molar-refractivity contribution in [1.29, 1.82) is 0 Å². The highest BCUT2D eigenvalue weighted by Crippen LogP contribution is 2.23. The van der Waals surface area contributed by atoms with E-state index in [0.717, 1.165) is 11.3 Å². The lowest BCUT2D eigenvalue weighted by Crippen LogP contribution is -2.45. The predicted octanol–water partition coefficient (Wildman–Crippen LogP) is 2.54. The Kier molecular flexibility index (Phi) is 8.12. The van der Waals surface area contributed by atoms with E-state index in [-0.39, 0.29) is 31.0 Å². The highest BCUT2D eigenvalue weighted by Gasteiger charge is 2.20. The molecule has 120 valence electrons. The van der Waals surface area contributed by atoms with E-state index < -0.39 is 6.04 Å². The fraction of sp³-hybridized carbons (Fsp3) is 0.312. The number of carbonyl (C=O) groups is 1. The number of thiophene rings is 1. The molecular weight excluding hydrogens is 320 g/mol. The van der Waals surface area contributed by atoms with Crippen LogP contribution < -0.4 is 11.1 Å². The lowest BCUT2D eigenvalue weighted by atomic mass is 10.0. The molecule has 0 fully saturated rings. The molecule has 0 aliphatic carbocycles. The third-order valence-corrected chi connectivity index (χ3v) is 4.15. The Labute approximate surface area is 141 Å². The first-order valence-corrected chi connectivity index (χ1v) is 7.71. The van der Waals surface area contributed by atoms with Crippen LogP contribution in [0.1, 0.15) is 16.5 Å². The molecule has 4 nitrogen and oxygen atoms in total. The summed E-state index contributed by atoms with van der Waals surface area (Å²) in [7, 11) is 1.54. The van der Waals surface area contributed by atoms with Crippen molar-refractivity contribution in [3.05, 3.63) is 58.3 Å². The van der Waals surface area contributed by atoms with Gasteiger partial charge in [-0.3, -0.25) is 4.79 Å². The molecule has 0 aliphatic rings. The minimum atomic E-state index is -0.645. The Morgan fingerprint density at radius 1 is 1.27 bits per heavy atom. The topological polar surface area (TPSA) is 64.3 Å². The Hall–Kier alpha value is -1.40. The molecule has 2 rings (SSSR count). The summed E-state index contributed by atoms with van der Waals surface area (Å²) in [5, 5.41) is 5.03. The molecule has 1 aromatic heterocycles. The predicted molar refractivity (Wildman–Crippen MR) is 92.4 cm³/mol. The molecule has 1 aromatic carbocycles. The van der Waals surface area contributed by atoms with E-state index in [0.29, 0.717) is 0 Å². The van der Waals surface area contributed by atoms with Gasteiger partial charge in [-0.25, -0.2) is 0 Å². The van der Waals surface area contributed by atoms with Gasteiger partial charge in [0.15, 0.2) is 0 Å². The van der Waals surface area contributed by atoms with Crippen LogP contribution in [0.15, 0.2) is 47.8 Å². The van der Waals surface area contributed by atoms with Crippen LogP contribution in [-0.2, 0) is 16.0 Å². The summed E-state index contributed by atoms with van der Waals surface area (Å²) < 4.78 is 4.93. The zero-order valence-electron chi connectivity index (χ0n) is 12.4. The monoisotopic (exact) mass is 340 g/mol. The van der Waals surface area contributed by atoms with Crippen molar-refractivity contribution in [3.8, 4) is 0 Å². The molecule has 0 saturated heterocycles. The van der Waals surface area contributed by atoms with E-state index in [4.69, 9.17) is 10.5 Å². The van der Waals surface area contributed by atoms with Gasteiger partial charge < -0.3 is 15.8 Å². The van der Waals surface area contributed by atoms with Crippen LogP contribution >= 0.6 is 23.7 Å². The van der Waals surface area contributed by atoms with Gasteiger partial charge in [-0.05, 0) is 23.4 Å². The zero-order valence-corrected chi connectivity index (χ0v) is 14.0. The summed E-state index contributed by atoms with van der Waals surface area (Å²) in [6, 6.07) is 13.4. The second-order valence-electron chi connectivity index (χ2n) is 4.83. The third kappa shape index (κ3) is 5.42. The number of nitrogens with one attached hydrogen (secondary N) is 1. The van der Waals surface area contributed by atoms with E-state index in [9.17, 15) is 4.79 Å². The smallest absolute Gasteiger partial charge is 0.239 e. The second-order valence-corrected chi connectivity index (χ2v) is 5.81. The molecule has 2 atom stereocenters. The summed E-state index contributed by atoms with van der Waals surface area (Å²) in [5.74, 6) is -0.189. The number of hydrogen-bond donors (Lipinski definition) is 2. The number of amides is 1. The van der Waals surface area contributed by atoms with Gasteiger partial charge in [0.25, 0.3) is 0 Å². The number of halogens is 1. The lowest BCUT2D eigenvalue weighted by Gasteiger charge is -2.20. The van der Waals surface area contributed by atoms with Crippen molar-refractivity contribution in [3.63, 3.8) is 0 Å². The molecule has 0 bridgehead atoms. The van der Waals surface area contributed by atoms with Gasteiger partial charge in [0.05, 0.1) is 12.6 Å². The van der Waals surface area contributed by atoms with Gasteiger partial charge in [-0.15, -0.1) is 23.7 Å². The van der Waals surface area contributed by atoms with Gasteiger partial charge in [0.1, 0.15) is 6.04 Å². The maximum atomic E-state index is 12.1. The highest BCUT2D eigenvalue weighted by molar-refractivity contribution is 7.10. The normalized spacial score (nSPS) is 13.0. The van der Waals surface area contributed by atoms with Crippen molar-refractivity contribution < 1.29 is 9.53 Å². The Morgan fingerprint density at radius 2 is 2.00 bits per heavy atom. The van der Waals surface area contributed by atoms with Crippen molar-refractivity contribution in [1.82, 2.24) is 5.32 Å². The largest absolute Gasteiger partial charge is 0.383 e. The standard InChI is InChI=1S/C16H20N2O2S.ClH/c1-20-11-13(17)16(19)18-14(15-8-5-9-21-15)10-12-6-3-2-4-7-12;/h2-9,13-14H,10-11,17H2,1H3,(H,18,19);1H. The van der Waals surface area contributed by atoms with Gasteiger partial charge in [-0.1, -0.05) is 36.4 Å². The second kappa shape index (κ2) is 9.58. The van der Waals surface area contributed by atoms with Crippen LogP contribution in [-0.4, -0.2) is 25.7 Å². The number of ether oxygens (including phenoxy) is 1. The minimum Gasteiger partial charge on any atom is -0.383 e. The fourth-order valence-corrected chi connectivity index (χ4v) is 2.87. The summed E-state index contributed by atoms with van der Waals surface area (Å²) >= 11 is 1.63. The number of benzene rings is 1. The first kappa shape index (κ1) is 18.6. The van der Waals surface area contributed by atoms with Crippen LogP contribution in [0.2, 0.25) is 0 Å². The number of nitrogens with two attached hydrogens (primary N) is 1. The lowest BCUT2D eigenvalue weighted by molar-refractivity contribution is -0.124. The molecule has 2 unspecified atom stereocenters. The van der Waals surface area contributed by atoms with E-state index in [2.05, 4.69) is 17.4 Å². The molecule has 22 heavy (non-hydrogen) atoms. The number of hydrogen-bond acceptors (Lipinski definition) is 4. The van der Waals surface area contributed by atoms with Crippen LogP contribution in [0.3, 0.4) is 0 Å². The van der Waals surface area contributed by atoms with Gasteiger partial charge in [-0.2, -0.15) is 0 Å². The molecule has 0 radical (unpaired) electrons. The number of methoxy groups -OCH3 is 1. The molecule has 6 heteroatoms. The molecule has 2 aromatic rings. The third-order valence-electron chi connectivity index (χ3n) is 3.17. The highest BCUT2D eigenvalue weighted by atomic mass is 35.5. The van der Waals surface area contributed by atoms with Crippen LogP contribution in [0, 0.1) is 0 Å². The van der Waals surface area contributed by atoms with Gasteiger partial charge in [0.2, 0.25) is 5.91 Å². The van der Waals surface area contributed by atoms with Crippen molar-refractivity contribution in [2.45, 2.75) is 18.5 Å². The average Bonchev–Trinajstić information content (AvgIpc) is 3.02. The number of rotatable bonds is 7. The SMILES string of the molecule is COCC(N)C(=O)NC(Cc1ccccc1)c1cccs1.Cl. The van der Waals surface area contributed by atoms with E-state index in [1.54, 1.807) is 11.3 Å². The Bertz CT molecular complexity index is 549. The molecule has 3 N–H and O–H groups in total. The molecule has 0 spiro atoms. The zero-order chi connectivity index (χ0) is 15.1. The molecule has 1 amide bonds. The maximum Gasteiger partial charge on any atom is 0.239 e. The summed E-state index contributed by atoms with van der Waals surface area (Å²) in [6.07, 6.45) is 0.743. The Morgan fingerprint density at radius 3 is 2.59 bits per heavy atom. The van der Waals surface area contributed by atoms with E-state index in [1.165, 1.54) is 12.7 Å². The van der Waals surface area contributed by atoms with Crippen molar-refractivity contribution in [2.24, 2.45) is 5.73 Å². The molecule has 0 aliphatic heterocycles. The summed E-state index contributed by atoms with van der Waals surface area (Å²) in [5.41, 5.74) is 6.97. The first-order chi connectivity index (χ1) is 10.2. The van der Waals surface area contributed by atoms with Gasteiger partial charge >= 0.3 is 0 Å². The van der Waals surface area contributed by atoms with Crippen LogP contribution in [0.25, 0.3) is 0 Å². The average molecular weight is 341 g/mol. The fourth-order valence-electron chi connectivity index (χ4n) is 2.10. The summed E-state index contributed by atoms with van der Waals surface area (Å²) in [4.78, 5) is 13.2. The minimum absolute atomic E-state index is 0. The quantitative estimate of drug-likeness (QED) is 0.814. The molecular formula is C16H21ClN2O2S.